The summed E-state index contributed by atoms with van der Waals surface area (Å²) in [5.74, 6) is 1.49. The molecule has 0 spiro atoms. The second-order valence-corrected chi connectivity index (χ2v) is 10.6. The number of pyridine rings is 1. The molecule has 5 aromatic rings. The van der Waals surface area contributed by atoms with Crippen molar-refractivity contribution in [2.75, 3.05) is 31.1 Å². The van der Waals surface area contributed by atoms with E-state index in [1.807, 2.05) is 12.1 Å². The number of H-pyrrole nitrogens is 2. The Labute approximate surface area is 230 Å². The molecule has 0 aliphatic carbocycles. The van der Waals surface area contributed by atoms with Crippen molar-refractivity contribution in [2.45, 2.75) is 38.1 Å². The lowest BCUT2D eigenvalue weighted by Gasteiger charge is -2.41. The van der Waals surface area contributed by atoms with Crippen LogP contribution in [0.5, 0.6) is 11.6 Å². The van der Waals surface area contributed by atoms with E-state index in [2.05, 4.69) is 48.2 Å². The monoisotopic (exact) mass is 538 g/mol. The highest BCUT2D eigenvalue weighted by atomic mass is 16.6. The highest BCUT2D eigenvalue weighted by molar-refractivity contribution is 5.94. The summed E-state index contributed by atoms with van der Waals surface area (Å²) in [4.78, 5) is 27.9. The van der Waals surface area contributed by atoms with Crippen molar-refractivity contribution in [3.8, 4) is 23.1 Å². The van der Waals surface area contributed by atoms with Crippen LogP contribution in [0.25, 0.3) is 33.5 Å². The minimum Gasteiger partial charge on any atom is -0.439 e. The van der Waals surface area contributed by atoms with Crippen molar-refractivity contribution >= 4 is 33.3 Å². The van der Waals surface area contributed by atoms with E-state index in [1.165, 1.54) is 69.2 Å². The van der Waals surface area contributed by atoms with Gasteiger partial charge in [0.15, 0.2) is 5.82 Å². The quantitative estimate of drug-likeness (QED) is 0.209. The molecule has 0 saturated carbocycles. The van der Waals surface area contributed by atoms with Gasteiger partial charge in [-0.1, -0.05) is 6.42 Å². The molecule has 40 heavy (non-hydrogen) atoms. The summed E-state index contributed by atoms with van der Waals surface area (Å²) in [5, 5.41) is 19.3. The second-order valence-electron chi connectivity index (χ2n) is 10.6. The Kier molecular flexibility index (Phi) is 6.27. The number of ether oxygens (including phenoxy) is 1. The molecule has 204 valence electrons. The summed E-state index contributed by atoms with van der Waals surface area (Å²) in [6.07, 6.45) is 7.67. The molecule has 0 amide bonds. The van der Waals surface area contributed by atoms with Crippen LogP contribution in [0.2, 0.25) is 0 Å². The van der Waals surface area contributed by atoms with Crippen molar-refractivity contribution in [1.82, 2.24) is 30.0 Å². The van der Waals surface area contributed by atoms with Gasteiger partial charge >= 0.3 is 0 Å². The maximum absolute atomic E-state index is 10.9. The number of anilines is 1. The SMILES string of the molecule is O=[N+]([O-])c1ccc(Oc2ccc3[nH]nc(-c4nc5ccc(N6CCC(N7CCCCC7)CC6)cc5[nH]4)c3c2)nc1. The molecule has 3 aromatic heterocycles. The lowest BCUT2D eigenvalue weighted by Crippen LogP contribution is -2.46. The summed E-state index contributed by atoms with van der Waals surface area (Å²) in [6, 6.07) is 15.5. The molecule has 11 heteroatoms. The standard InChI is InChI=1S/C29H30N8O3/c38-37(39)21-5-9-27(30-18-21)40-22-6-8-24-23(17-22)28(34-33-24)29-31-25-7-4-20(16-26(25)32-29)36-14-10-19(11-15-36)35-12-2-1-3-13-35/h4-9,16-19H,1-3,10-15H2,(H,31,32)(H,33,34). The van der Waals surface area contributed by atoms with Gasteiger partial charge in [0.25, 0.3) is 5.69 Å². The number of hydrogen-bond donors (Lipinski definition) is 2. The Morgan fingerprint density at radius 2 is 1.80 bits per heavy atom. The minimum atomic E-state index is -0.491. The number of aromatic nitrogens is 5. The molecule has 0 unspecified atom stereocenters. The fraction of sp³-hybridized carbons (Fsp3) is 0.345. The zero-order valence-corrected chi connectivity index (χ0v) is 22.0. The number of hydrogen-bond acceptors (Lipinski definition) is 8. The van der Waals surface area contributed by atoms with E-state index in [0.29, 0.717) is 17.3 Å². The molecule has 5 heterocycles. The van der Waals surface area contributed by atoms with Gasteiger partial charge in [-0.15, -0.1) is 0 Å². The number of nitrogens with zero attached hydrogens (tertiary/aromatic N) is 6. The Balaban J connectivity index is 1.10. The van der Waals surface area contributed by atoms with E-state index in [1.54, 1.807) is 6.07 Å². The third kappa shape index (κ3) is 4.73. The number of imidazole rings is 1. The first-order valence-corrected chi connectivity index (χ1v) is 13.9. The molecule has 0 bridgehead atoms. The Hall–Kier alpha value is -4.51. The number of nitrogens with one attached hydrogen (secondary N) is 2. The average Bonchev–Trinajstić information content (AvgIpc) is 3.61. The van der Waals surface area contributed by atoms with Gasteiger partial charge in [-0.3, -0.25) is 15.2 Å². The summed E-state index contributed by atoms with van der Waals surface area (Å²) in [7, 11) is 0. The van der Waals surface area contributed by atoms with Crippen LogP contribution in [0.15, 0.2) is 54.7 Å². The van der Waals surface area contributed by atoms with Gasteiger partial charge in [0, 0.05) is 42.3 Å². The number of aromatic amines is 2. The molecule has 2 aliphatic rings. The van der Waals surface area contributed by atoms with Crippen LogP contribution in [0.1, 0.15) is 32.1 Å². The van der Waals surface area contributed by atoms with Crippen molar-refractivity contribution in [1.29, 1.82) is 0 Å². The summed E-state index contributed by atoms with van der Waals surface area (Å²) < 4.78 is 5.85. The summed E-state index contributed by atoms with van der Waals surface area (Å²) in [6.45, 7) is 4.67. The molecule has 11 nitrogen and oxygen atoms in total. The molecule has 0 radical (unpaired) electrons. The summed E-state index contributed by atoms with van der Waals surface area (Å²) >= 11 is 0. The zero-order valence-electron chi connectivity index (χ0n) is 22.0. The lowest BCUT2D eigenvalue weighted by molar-refractivity contribution is -0.385. The van der Waals surface area contributed by atoms with Crippen LogP contribution in [-0.4, -0.2) is 67.2 Å². The van der Waals surface area contributed by atoms with Gasteiger partial charge in [0.1, 0.15) is 17.6 Å². The maximum atomic E-state index is 10.9. The molecule has 2 aliphatic heterocycles. The largest absolute Gasteiger partial charge is 0.439 e. The first kappa shape index (κ1) is 24.5. The van der Waals surface area contributed by atoms with Crippen molar-refractivity contribution < 1.29 is 9.66 Å². The fourth-order valence-electron chi connectivity index (χ4n) is 5.98. The smallest absolute Gasteiger partial charge is 0.287 e. The predicted octanol–water partition coefficient (Wildman–Crippen LogP) is 5.66. The van der Waals surface area contributed by atoms with Gasteiger partial charge in [0.2, 0.25) is 5.88 Å². The van der Waals surface area contributed by atoms with E-state index in [4.69, 9.17) is 9.72 Å². The normalized spacial score (nSPS) is 17.1. The molecule has 0 atom stereocenters. The van der Waals surface area contributed by atoms with E-state index in [9.17, 15) is 10.1 Å². The predicted molar refractivity (Wildman–Crippen MR) is 153 cm³/mol. The fourth-order valence-corrected chi connectivity index (χ4v) is 5.98. The van der Waals surface area contributed by atoms with Crippen LogP contribution in [0.3, 0.4) is 0 Å². The molecular weight excluding hydrogens is 508 g/mol. The molecule has 2 fully saturated rings. The van der Waals surface area contributed by atoms with Crippen molar-refractivity contribution in [3.05, 3.63) is 64.8 Å². The van der Waals surface area contributed by atoms with Crippen molar-refractivity contribution in [3.63, 3.8) is 0 Å². The zero-order chi connectivity index (χ0) is 27.1. The van der Waals surface area contributed by atoms with E-state index >= 15 is 0 Å². The number of benzene rings is 2. The van der Waals surface area contributed by atoms with Gasteiger partial charge in [-0.05, 0) is 75.2 Å². The number of rotatable bonds is 6. The Morgan fingerprint density at radius 3 is 2.58 bits per heavy atom. The van der Waals surface area contributed by atoms with E-state index < -0.39 is 4.92 Å². The highest BCUT2D eigenvalue weighted by Gasteiger charge is 2.26. The molecular formula is C29H30N8O3. The third-order valence-electron chi connectivity index (χ3n) is 8.11. The number of likely N-dealkylation sites (tertiary alicyclic amines) is 1. The Bertz CT molecular complexity index is 1660. The molecule has 2 N–H and O–H groups in total. The minimum absolute atomic E-state index is 0.0881. The Morgan fingerprint density at radius 1 is 0.950 bits per heavy atom. The van der Waals surface area contributed by atoms with Gasteiger partial charge in [-0.25, -0.2) is 9.97 Å². The van der Waals surface area contributed by atoms with Crippen LogP contribution < -0.4 is 9.64 Å². The van der Waals surface area contributed by atoms with E-state index in [0.717, 1.165) is 41.1 Å². The molecule has 7 rings (SSSR count). The first-order valence-electron chi connectivity index (χ1n) is 13.9. The maximum Gasteiger partial charge on any atom is 0.287 e. The first-order chi connectivity index (χ1) is 19.6. The van der Waals surface area contributed by atoms with E-state index in [-0.39, 0.29) is 11.6 Å². The summed E-state index contributed by atoms with van der Waals surface area (Å²) in [5.41, 5.74) is 4.53. The van der Waals surface area contributed by atoms with Crippen LogP contribution in [-0.2, 0) is 0 Å². The third-order valence-corrected chi connectivity index (χ3v) is 8.11. The second kappa shape index (κ2) is 10.2. The highest BCUT2D eigenvalue weighted by Crippen LogP contribution is 2.32. The van der Waals surface area contributed by atoms with Gasteiger partial charge < -0.3 is 19.5 Å². The van der Waals surface area contributed by atoms with Crippen molar-refractivity contribution in [2.24, 2.45) is 0 Å². The average molecular weight is 539 g/mol. The number of nitro groups is 1. The molecule has 2 saturated heterocycles. The lowest BCUT2D eigenvalue weighted by atomic mass is 9.99. The van der Waals surface area contributed by atoms with Crippen LogP contribution in [0.4, 0.5) is 11.4 Å². The molecule has 2 aromatic carbocycles. The van der Waals surface area contributed by atoms with Crippen LogP contribution in [0, 0.1) is 10.1 Å². The van der Waals surface area contributed by atoms with Gasteiger partial charge in [0.05, 0.1) is 21.5 Å². The van der Waals surface area contributed by atoms with Gasteiger partial charge in [-0.2, -0.15) is 5.10 Å². The number of fused-ring (bicyclic) bond motifs is 2. The number of piperidine rings is 2. The van der Waals surface area contributed by atoms with Crippen LogP contribution >= 0.6 is 0 Å². The topological polar surface area (TPSA) is 129 Å².